The highest BCUT2D eigenvalue weighted by atomic mass is 32.2. The average Bonchev–Trinajstić information content (AvgIpc) is 2.78. The van der Waals surface area contributed by atoms with Crippen molar-refractivity contribution >= 4 is 23.4 Å². The second-order valence-electron chi connectivity index (χ2n) is 9.90. The first-order valence-electron chi connectivity index (χ1n) is 11.9. The van der Waals surface area contributed by atoms with E-state index in [0.717, 1.165) is 71.0 Å². The number of nitrogens with zero attached hydrogens (tertiary/aromatic N) is 2. The van der Waals surface area contributed by atoms with Gasteiger partial charge in [0, 0.05) is 49.3 Å². The van der Waals surface area contributed by atoms with Crippen molar-refractivity contribution in [3.63, 3.8) is 0 Å². The molecule has 3 rings (SSSR count). The molecule has 2 saturated heterocycles. The summed E-state index contributed by atoms with van der Waals surface area (Å²) in [6, 6.07) is 9.62. The van der Waals surface area contributed by atoms with E-state index >= 15 is 0 Å². The molecule has 2 aliphatic heterocycles. The number of piperidine rings is 1. The van der Waals surface area contributed by atoms with Gasteiger partial charge in [0.05, 0.1) is 6.54 Å². The molecule has 1 aromatic rings. The molecule has 2 heterocycles. The average molecular weight is 447 g/mol. The number of ether oxygens (including phenoxy) is 1. The molecule has 0 radical (unpaired) electrons. The minimum atomic E-state index is 0.205. The SMILES string of the molecule is CCNC(=NCC1(SC)CCOCC1)NC1CCN(c2ccc(C(C)(C)C)cc2)CC1. The van der Waals surface area contributed by atoms with Crippen LogP contribution in [0, 0.1) is 0 Å². The number of rotatable bonds is 6. The number of hydrogen-bond acceptors (Lipinski definition) is 4. The maximum atomic E-state index is 5.57. The fourth-order valence-electron chi connectivity index (χ4n) is 4.36. The summed E-state index contributed by atoms with van der Waals surface area (Å²) in [6.07, 6.45) is 6.65. The fourth-order valence-corrected chi connectivity index (χ4v) is 5.13. The number of guanidine groups is 1. The minimum Gasteiger partial charge on any atom is -0.381 e. The van der Waals surface area contributed by atoms with Gasteiger partial charge in [-0.3, -0.25) is 4.99 Å². The summed E-state index contributed by atoms with van der Waals surface area (Å²) in [6.45, 7) is 14.6. The monoisotopic (exact) mass is 446 g/mol. The van der Waals surface area contributed by atoms with Crippen molar-refractivity contribution < 1.29 is 4.74 Å². The van der Waals surface area contributed by atoms with E-state index in [4.69, 9.17) is 9.73 Å². The Morgan fingerprint density at radius 3 is 2.35 bits per heavy atom. The van der Waals surface area contributed by atoms with Gasteiger partial charge in [0.25, 0.3) is 0 Å². The first-order chi connectivity index (χ1) is 14.8. The Hall–Kier alpha value is -1.40. The smallest absolute Gasteiger partial charge is 0.191 e. The standard InChI is InChI=1S/C25H42N4OS/c1-6-26-23(27-19-25(31-5)13-17-30-18-14-25)28-21-11-15-29(16-12-21)22-9-7-20(8-10-22)24(2,3)4/h7-10,21H,6,11-19H2,1-5H3,(H2,26,27,28). The molecule has 0 spiro atoms. The summed E-state index contributed by atoms with van der Waals surface area (Å²) >= 11 is 1.95. The van der Waals surface area contributed by atoms with Crippen LogP contribution in [0.1, 0.15) is 58.9 Å². The Morgan fingerprint density at radius 2 is 1.81 bits per heavy atom. The second-order valence-corrected chi connectivity index (χ2v) is 11.2. The van der Waals surface area contributed by atoms with E-state index in [1.807, 2.05) is 11.8 Å². The van der Waals surface area contributed by atoms with Crippen LogP contribution in [0.5, 0.6) is 0 Å². The van der Waals surface area contributed by atoms with Crippen LogP contribution in [0.4, 0.5) is 5.69 Å². The summed E-state index contributed by atoms with van der Waals surface area (Å²) < 4.78 is 5.80. The molecule has 2 aliphatic rings. The fraction of sp³-hybridized carbons (Fsp3) is 0.720. The van der Waals surface area contributed by atoms with Crippen molar-refractivity contribution in [2.24, 2.45) is 4.99 Å². The van der Waals surface area contributed by atoms with Crippen molar-refractivity contribution in [2.45, 2.75) is 69.6 Å². The predicted molar refractivity (Wildman–Crippen MR) is 136 cm³/mol. The molecule has 6 heteroatoms. The van der Waals surface area contributed by atoms with Gasteiger partial charge in [-0.15, -0.1) is 0 Å². The largest absolute Gasteiger partial charge is 0.381 e. The van der Waals surface area contributed by atoms with Crippen LogP contribution in [-0.2, 0) is 10.2 Å². The zero-order valence-electron chi connectivity index (χ0n) is 20.2. The molecule has 0 aromatic heterocycles. The third kappa shape index (κ3) is 6.79. The summed E-state index contributed by atoms with van der Waals surface area (Å²) in [5.41, 5.74) is 2.94. The first kappa shape index (κ1) is 24.2. The maximum absolute atomic E-state index is 5.57. The van der Waals surface area contributed by atoms with Crippen LogP contribution in [0.25, 0.3) is 0 Å². The van der Waals surface area contributed by atoms with E-state index in [1.54, 1.807) is 0 Å². The van der Waals surface area contributed by atoms with Gasteiger partial charge in [-0.05, 0) is 62.0 Å². The molecule has 2 N–H and O–H groups in total. The molecular weight excluding hydrogens is 404 g/mol. The van der Waals surface area contributed by atoms with Crippen molar-refractivity contribution in [1.29, 1.82) is 0 Å². The second kappa shape index (κ2) is 11.0. The number of hydrogen-bond donors (Lipinski definition) is 2. The molecule has 0 atom stereocenters. The van der Waals surface area contributed by atoms with Gasteiger partial charge in [-0.2, -0.15) is 11.8 Å². The van der Waals surface area contributed by atoms with Gasteiger partial charge in [-0.25, -0.2) is 0 Å². The van der Waals surface area contributed by atoms with Gasteiger partial charge >= 0.3 is 0 Å². The highest BCUT2D eigenvalue weighted by molar-refractivity contribution is 8.00. The van der Waals surface area contributed by atoms with Gasteiger partial charge in [0.15, 0.2) is 5.96 Å². The molecule has 174 valence electrons. The third-order valence-electron chi connectivity index (χ3n) is 6.64. The quantitative estimate of drug-likeness (QED) is 0.500. The number of benzene rings is 1. The van der Waals surface area contributed by atoms with E-state index in [2.05, 4.69) is 73.7 Å². The zero-order chi connectivity index (χ0) is 22.3. The first-order valence-corrected chi connectivity index (χ1v) is 13.1. The Kier molecular flexibility index (Phi) is 8.57. The normalized spacial score (nSPS) is 20.5. The molecule has 0 aliphatic carbocycles. The Morgan fingerprint density at radius 1 is 1.16 bits per heavy atom. The van der Waals surface area contributed by atoms with E-state index in [9.17, 15) is 0 Å². The van der Waals surface area contributed by atoms with Crippen molar-refractivity contribution in [2.75, 3.05) is 50.5 Å². The zero-order valence-corrected chi connectivity index (χ0v) is 21.0. The summed E-state index contributed by atoms with van der Waals surface area (Å²) in [5, 5.41) is 7.17. The highest BCUT2D eigenvalue weighted by Crippen LogP contribution is 2.34. The van der Waals surface area contributed by atoms with Crippen LogP contribution < -0.4 is 15.5 Å². The van der Waals surface area contributed by atoms with Crippen molar-refractivity contribution in [3.05, 3.63) is 29.8 Å². The van der Waals surface area contributed by atoms with Crippen LogP contribution in [0.2, 0.25) is 0 Å². The Bertz CT molecular complexity index is 699. The maximum Gasteiger partial charge on any atom is 0.191 e. The lowest BCUT2D eigenvalue weighted by Crippen LogP contribution is -2.49. The third-order valence-corrected chi connectivity index (χ3v) is 8.04. The van der Waals surface area contributed by atoms with Crippen LogP contribution in [0.15, 0.2) is 29.3 Å². The van der Waals surface area contributed by atoms with Crippen molar-refractivity contribution in [1.82, 2.24) is 10.6 Å². The Labute approximate surface area is 193 Å². The lowest BCUT2D eigenvalue weighted by atomic mass is 9.87. The molecule has 1 aromatic carbocycles. The lowest BCUT2D eigenvalue weighted by Gasteiger charge is -2.36. The van der Waals surface area contributed by atoms with Gasteiger partial charge < -0.3 is 20.3 Å². The highest BCUT2D eigenvalue weighted by Gasteiger charge is 2.32. The van der Waals surface area contributed by atoms with E-state index in [1.165, 1.54) is 11.3 Å². The molecular formula is C25H42N4OS. The van der Waals surface area contributed by atoms with Crippen LogP contribution in [-0.4, -0.2) is 62.4 Å². The molecule has 2 fully saturated rings. The van der Waals surface area contributed by atoms with Gasteiger partial charge in [0.1, 0.15) is 0 Å². The number of thioether (sulfide) groups is 1. The molecule has 0 bridgehead atoms. The van der Waals surface area contributed by atoms with Gasteiger partial charge in [-0.1, -0.05) is 32.9 Å². The van der Waals surface area contributed by atoms with E-state index < -0.39 is 0 Å². The summed E-state index contributed by atoms with van der Waals surface area (Å²) in [4.78, 5) is 7.50. The van der Waals surface area contributed by atoms with Crippen LogP contribution >= 0.6 is 11.8 Å². The van der Waals surface area contributed by atoms with E-state index in [-0.39, 0.29) is 10.2 Å². The summed E-state index contributed by atoms with van der Waals surface area (Å²) in [5.74, 6) is 0.968. The van der Waals surface area contributed by atoms with Crippen LogP contribution in [0.3, 0.4) is 0 Å². The molecule has 0 unspecified atom stereocenters. The minimum absolute atomic E-state index is 0.205. The topological polar surface area (TPSA) is 48.9 Å². The predicted octanol–water partition coefficient (Wildman–Crippen LogP) is 4.42. The number of anilines is 1. The van der Waals surface area contributed by atoms with Crippen molar-refractivity contribution in [3.8, 4) is 0 Å². The van der Waals surface area contributed by atoms with Gasteiger partial charge in [0.2, 0.25) is 0 Å². The van der Waals surface area contributed by atoms with E-state index in [0.29, 0.717) is 6.04 Å². The Balaban J connectivity index is 1.54. The summed E-state index contributed by atoms with van der Waals surface area (Å²) in [7, 11) is 0. The molecule has 0 saturated carbocycles. The molecule has 31 heavy (non-hydrogen) atoms. The number of nitrogens with one attached hydrogen (secondary N) is 2. The number of aliphatic imine (C=N–C) groups is 1. The molecule has 0 amide bonds. The molecule has 5 nitrogen and oxygen atoms in total. The lowest BCUT2D eigenvalue weighted by molar-refractivity contribution is 0.0794.